The number of amides is 2. The number of hydrogen-bond acceptors (Lipinski definition) is 3. The van der Waals surface area contributed by atoms with E-state index >= 15 is 0 Å². The van der Waals surface area contributed by atoms with Gasteiger partial charge in [-0.05, 0) is 48.6 Å². The SMILES string of the molecule is COc1ccc(CN(C(=O)Cc2ccccc2C)[C@H](C)C(=O)NCC(C)C)cc1. The van der Waals surface area contributed by atoms with Gasteiger partial charge in [-0.2, -0.15) is 0 Å². The van der Waals surface area contributed by atoms with Gasteiger partial charge in [-0.1, -0.05) is 50.2 Å². The molecule has 5 heteroatoms. The summed E-state index contributed by atoms with van der Waals surface area (Å²) >= 11 is 0. The van der Waals surface area contributed by atoms with Crippen LogP contribution in [0.1, 0.15) is 37.5 Å². The minimum atomic E-state index is -0.563. The van der Waals surface area contributed by atoms with Crippen molar-refractivity contribution in [2.24, 2.45) is 5.92 Å². The molecule has 29 heavy (non-hydrogen) atoms. The molecule has 0 saturated carbocycles. The summed E-state index contributed by atoms with van der Waals surface area (Å²) in [5.41, 5.74) is 3.00. The molecule has 0 bridgehead atoms. The third-order valence-electron chi connectivity index (χ3n) is 4.97. The Morgan fingerprint density at radius 3 is 2.28 bits per heavy atom. The van der Waals surface area contributed by atoms with Gasteiger partial charge in [0.2, 0.25) is 11.8 Å². The first-order chi connectivity index (χ1) is 13.8. The maximum Gasteiger partial charge on any atom is 0.242 e. The Kier molecular flexibility index (Phi) is 8.25. The second-order valence-electron chi connectivity index (χ2n) is 7.79. The number of hydrogen-bond donors (Lipinski definition) is 1. The zero-order valence-electron chi connectivity index (χ0n) is 18.1. The fraction of sp³-hybridized carbons (Fsp3) is 0.417. The van der Waals surface area contributed by atoms with Gasteiger partial charge >= 0.3 is 0 Å². The molecule has 0 aliphatic rings. The van der Waals surface area contributed by atoms with E-state index in [0.717, 1.165) is 22.4 Å². The number of nitrogens with zero attached hydrogens (tertiary/aromatic N) is 1. The monoisotopic (exact) mass is 396 g/mol. The molecule has 2 aromatic carbocycles. The van der Waals surface area contributed by atoms with Crippen LogP contribution in [0.25, 0.3) is 0 Å². The van der Waals surface area contributed by atoms with Crippen LogP contribution in [-0.2, 0) is 22.6 Å². The molecular formula is C24H32N2O3. The molecule has 2 amide bonds. The van der Waals surface area contributed by atoms with E-state index in [0.29, 0.717) is 19.0 Å². The van der Waals surface area contributed by atoms with Crippen LogP contribution in [0.2, 0.25) is 0 Å². The normalized spacial score (nSPS) is 11.8. The Morgan fingerprint density at radius 2 is 1.69 bits per heavy atom. The van der Waals surface area contributed by atoms with Gasteiger partial charge in [0.25, 0.3) is 0 Å². The number of methoxy groups -OCH3 is 1. The lowest BCUT2D eigenvalue weighted by molar-refractivity contribution is -0.140. The zero-order chi connectivity index (χ0) is 21.4. The molecule has 0 unspecified atom stereocenters. The standard InChI is InChI=1S/C24H32N2O3/c1-17(2)15-25-24(28)19(4)26(16-20-10-12-22(29-5)13-11-20)23(27)14-21-9-7-6-8-18(21)3/h6-13,17,19H,14-16H2,1-5H3,(H,25,28)/t19-/m1/s1. The second kappa shape index (κ2) is 10.6. The Morgan fingerprint density at radius 1 is 1.03 bits per heavy atom. The lowest BCUT2D eigenvalue weighted by atomic mass is 10.0. The molecule has 0 aliphatic carbocycles. The summed E-state index contributed by atoms with van der Waals surface area (Å²) in [7, 11) is 1.62. The highest BCUT2D eigenvalue weighted by atomic mass is 16.5. The van der Waals surface area contributed by atoms with Crippen molar-refractivity contribution < 1.29 is 14.3 Å². The quantitative estimate of drug-likeness (QED) is 0.703. The highest BCUT2D eigenvalue weighted by molar-refractivity contribution is 5.88. The minimum Gasteiger partial charge on any atom is -0.497 e. The van der Waals surface area contributed by atoms with E-state index in [1.54, 1.807) is 18.9 Å². The van der Waals surface area contributed by atoms with Gasteiger partial charge in [0.05, 0.1) is 13.5 Å². The first-order valence-corrected chi connectivity index (χ1v) is 10.1. The number of ether oxygens (including phenoxy) is 1. The van der Waals surface area contributed by atoms with Crippen molar-refractivity contribution in [2.45, 2.75) is 46.7 Å². The number of aryl methyl sites for hydroxylation is 1. The van der Waals surface area contributed by atoms with Crippen LogP contribution in [0.4, 0.5) is 0 Å². The average Bonchev–Trinajstić information content (AvgIpc) is 2.71. The van der Waals surface area contributed by atoms with Crippen molar-refractivity contribution >= 4 is 11.8 Å². The summed E-state index contributed by atoms with van der Waals surface area (Å²) in [5.74, 6) is 0.908. The summed E-state index contributed by atoms with van der Waals surface area (Å²) in [6, 6.07) is 14.9. The summed E-state index contributed by atoms with van der Waals surface area (Å²) in [6.07, 6.45) is 0.268. The lowest BCUT2D eigenvalue weighted by Gasteiger charge is -2.29. The summed E-state index contributed by atoms with van der Waals surface area (Å²) < 4.78 is 5.21. The van der Waals surface area contributed by atoms with Gasteiger partial charge in [0, 0.05) is 13.1 Å². The van der Waals surface area contributed by atoms with Crippen LogP contribution in [-0.4, -0.2) is 36.4 Å². The predicted octanol–water partition coefficient (Wildman–Crippen LogP) is 3.74. The van der Waals surface area contributed by atoms with E-state index in [1.165, 1.54) is 0 Å². The van der Waals surface area contributed by atoms with Crippen LogP contribution in [0.5, 0.6) is 5.75 Å². The highest BCUT2D eigenvalue weighted by Crippen LogP contribution is 2.17. The number of benzene rings is 2. The maximum absolute atomic E-state index is 13.2. The average molecular weight is 397 g/mol. The number of carbonyl (C=O) groups is 2. The first kappa shape index (κ1) is 22.5. The first-order valence-electron chi connectivity index (χ1n) is 10.1. The molecule has 0 aliphatic heterocycles. The van der Waals surface area contributed by atoms with E-state index in [2.05, 4.69) is 5.32 Å². The Labute approximate surface area is 174 Å². The molecule has 5 nitrogen and oxygen atoms in total. The lowest BCUT2D eigenvalue weighted by Crippen LogP contribution is -2.48. The van der Waals surface area contributed by atoms with Gasteiger partial charge in [-0.15, -0.1) is 0 Å². The number of carbonyl (C=O) groups excluding carboxylic acids is 2. The molecular weight excluding hydrogens is 364 g/mol. The van der Waals surface area contributed by atoms with E-state index in [9.17, 15) is 9.59 Å². The molecule has 0 spiro atoms. The fourth-order valence-electron chi connectivity index (χ4n) is 3.04. The van der Waals surface area contributed by atoms with Gasteiger partial charge < -0.3 is 15.0 Å². The Bertz CT molecular complexity index is 815. The van der Waals surface area contributed by atoms with Crippen molar-refractivity contribution in [1.82, 2.24) is 10.2 Å². The van der Waals surface area contributed by atoms with E-state index in [1.807, 2.05) is 69.3 Å². The molecule has 0 radical (unpaired) electrons. The highest BCUT2D eigenvalue weighted by Gasteiger charge is 2.26. The molecule has 2 aromatic rings. The van der Waals surface area contributed by atoms with Gasteiger partial charge in [-0.3, -0.25) is 9.59 Å². The smallest absolute Gasteiger partial charge is 0.242 e. The van der Waals surface area contributed by atoms with Gasteiger partial charge in [0.1, 0.15) is 11.8 Å². The van der Waals surface area contributed by atoms with Gasteiger partial charge in [0.15, 0.2) is 0 Å². The maximum atomic E-state index is 13.2. The van der Waals surface area contributed by atoms with Crippen molar-refractivity contribution in [3.8, 4) is 5.75 Å². The third kappa shape index (κ3) is 6.63. The zero-order valence-corrected chi connectivity index (χ0v) is 18.1. The van der Waals surface area contributed by atoms with Crippen molar-refractivity contribution in [2.75, 3.05) is 13.7 Å². The molecule has 0 fully saturated rings. The molecule has 0 heterocycles. The van der Waals surface area contributed by atoms with E-state index in [-0.39, 0.29) is 18.2 Å². The molecule has 1 atom stereocenters. The molecule has 0 aromatic heterocycles. The van der Waals surface area contributed by atoms with Crippen LogP contribution >= 0.6 is 0 Å². The van der Waals surface area contributed by atoms with Crippen LogP contribution < -0.4 is 10.1 Å². The van der Waals surface area contributed by atoms with Crippen molar-refractivity contribution in [3.63, 3.8) is 0 Å². The van der Waals surface area contributed by atoms with E-state index in [4.69, 9.17) is 4.74 Å². The van der Waals surface area contributed by atoms with Gasteiger partial charge in [-0.25, -0.2) is 0 Å². The van der Waals surface area contributed by atoms with E-state index < -0.39 is 6.04 Å². The van der Waals surface area contributed by atoms with Crippen molar-refractivity contribution in [1.29, 1.82) is 0 Å². The minimum absolute atomic E-state index is 0.0673. The number of nitrogens with one attached hydrogen (secondary N) is 1. The second-order valence-corrected chi connectivity index (χ2v) is 7.79. The predicted molar refractivity (Wildman–Crippen MR) is 116 cm³/mol. The summed E-state index contributed by atoms with van der Waals surface area (Å²) in [6.45, 7) is 8.83. The molecule has 1 N–H and O–H groups in total. The molecule has 156 valence electrons. The van der Waals surface area contributed by atoms with Crippen LogP contribution in [0.3, 0.4) is 0 Å². The Balaban J connectivity index is 2.21. The summed E-state index contributed by atoms with van der Waals surface area (Å²) in [5, 5.41) is 2.94. The fourth-order valence-corrected chi connectivity index (χ4v) is 3.04. The van der Waals surface area contributed by atoms with Crippen LogP contribution in [0.15, 0.2) is 48.5 Å². The topological polar surface area (TPSA) is 58.6 Å². The molecule has 2 rings (SSSR count). The van der Waals surface area contributed by atoms with Crippen molar-refractivity contribution in [3.05, 3.63) is 65.2 Å². The summed E-state index contributed by atoms with van der Waals surface area (Å²) in [4.78, 5) is 27.5. The Hall–Kier alpha value is -2.82. The largest absolute Gasteiger partial charge is 0.497 e. The van der Waals surface area contributed by atoms with Crippen LogP contribution in [0, 0.1) is 12.8 Å². The third-order valence-corrected chi connectivity index (χ3v) is 4.97. The molecule has 0 saturated heterocycles. The number of rotatable bonds is 9.